The van der Waals surface area contributed by atoms with E-state index in [-0.39, 0.29) is 17.9 Å². The fraction of sp³-hybridized carbons (Fsp3) is 0.696. The molecule has 1 aromatic heterocycles. The number of aryl methyl sites for hydroxylation is 1. The SMILES string of the molecule is CC1=NN(CCC(=O)N2CCC([C@@H]3CCCCN3C(=O)c3cnc(C)cn3)CC2)CC1. The zero-order valence-corrected chi connectivity index (χ0v) is 18.8. The first-order chi connectivity index (χ1) is 15.0. The van der Waals surface area contributed by atoms with E-state index >= 15 is 0 Å². The van der Waals surface area contributed by atoms with Crippen LogP contribution in [0.3, 0.4) is 0 Å². The zero-order valence-electron chi connectivity index (χ0n) is 18.8. The lowest BCUT2D eigenvalue weighted by Gasteiger charge is -2.43. The Kier molecular flexibility index (Phi) is 6.83. The van der Waals surface area contributed by atoms with Gasteiger partial charge < -0.3 is 9.80 Å². The molecule has 2 amide bonds. The summed E-state index contributed by atoms with van der Waals surface area (Å²) in [6.45, 7) is 7.91. The molecule has 31 heavy (non-hydrogen) atoms. The van der Waals surface area contributed by atoms with Gasteiger partial charge in [0.1, 0.15) is 5.69 Å². The number of rotatable bonds is 5. The summed E-state index contributed by atoms with van der Waals surface area (Å²) in [5, 5.41) is 6.48. The standard InChI is InChI=1S/C23H34N6O2/c1-17-6-13-28(26-17)14-9-22(30)27-11-7-19(8-12-27)21-5-3-4-10-29(21)23(31)20-16-24-18(2)15-25-20/h15-16,19,21H,3-14H2,1-2H3/t21-/m0/s1. The highest BCUT2D eigenvalue weighted by molar-refractivity contribution is 5.92. The van der Waals surface area contributed by atoms with Crippen LogP contribution in [-0.2, 0) is 4.79 Å². The number of piperidine rings is 2. The first-order valence-corrected chi connectivity index (χ1v) is 11.7. The van der Waals surface area contributed by atoms with Crippen LogP contribution in [0.5, 0.6) is 0 Å². The third kappa shape index (κ3) is 5.22. The minimum atomic E-state index is -0.00262. The molecule has 0 N–H and O–H groups in total. The topological polar surface area (TPSA) is 82.0 Å². The number of carbonyl (C=O) groups excluding carboxylic acids is 2. The molecule has 2 saturated heterocycles. The van der Waals surface area contributed by atoms with Gasteiger partial charge in [-0.1, -0.05) is 0 Å². The molecule has 4 heterocycles. The van der Waals surface area contributed by atoms with Gasteiger partial charge in [-0.05, 0) is 51.9 Å². The summed E-state index contributed by atoms with van der Waals surface area (Å²) in [4.78, 5) is 38.4. The number of nitrogens with zero attached hydrogens (tertiary/aromatic N) is 6. The zero-order chi connectivity index (χ0) is 21.8. The molecule has 0 aromatic carbocycles. The number of likely N-dealkylation sites (tertiary alicyclic amines) is 2. The highest BCUT2D eigenvalue weighted by Crippen LogP contribution is 2.31. The van der Waals surface area contributed by atoms with Crippen molar-refractivity contribution in [2.24, 2.45) is 11.0 Å². The van der Waals surface area contributed by atoms with Crippen LogP contribution in [0, 0.1) is 12.8 Å². The molecule has 8 nitrogen and oxygen atoms in total. The summed E-state index contributed by atoms with van der Waals surface area (Å²) in [6, 6.07) is 0.239. The van der Waals surface area contributed by atoms with Gasteiger partial charge in [0.05, 0.1) is 11.9 Å². The number of hydrazone groups is 1. The second kappa shape index (κ2) is 9.75. The molecule has 0 bridgehead atoms. The molecule has 0 aliphatic carbocycles. The Labute approximate surface area is 184 Å². The summed E-state index contributed by atoms with van der Waals surface area (Å²) in [5.74, 6) is 0.666. The predicted octanol–water partition coefficient (Wildman–Crippen LogP) is 2.49. The van der Waals surface area contributed by atoms with Crippen molar-refractivity contribution in [1.29, 1.82) is 0 Å². The monoisotopic (exact) mass is 426 g/mol. The fourth-order valence-corrected chi connectivity index (χ4v) is 5.06. The van der Waals surface area contributed by atoms with Crippen molar-refractivity contribution in [1.82, 2.24) is 24.8 Å². The van der Waals surface area contributed by atoms with E-state index in [9.17, 15) is 9.59 Å². The van der Waals surface area contributed by atoms with Gasteiger partial charge in [-0.2, -0.15) is 5.10 Å². The smallest absolute Gasteiger partial charge is 0.274 e. The molecule has 0 spiro atoms. The Morgan fingerprint density at radius 3 is 2.48 bits per heavy atom. The van der Waals surface area contributed by atoms with E-state index < -0.39 is 0 Å². The maximum atomic E-state index is 13.1. The van der Waals surface area contributed by atoms with E-state index in [0.717, 1.165) is 76.1 Å². The Bertz CT molecular complexity index is 816. The summed E-state index contributed by atoms with van der Waals surface area (Å²) in [7, 11) is 0. The summed E-state index contributed by atoms with van der Waals surface area (Å²) in [5.41, 5.74) is 2.40. The third-order valence-corrected chi connectivity index (χ3v) is 6.87. The van der Waals surface area contributed by atoms with Crippen molar-refractivity contribution in [3.05, 3.63) is 23.8 Å². The van der Waals surface area contributed by atoms with E-state index in [0.29, 0.717) is 24.6 Å². The van der Waals surface area contributed by atoms with Crippen molar-refractivity contribution in [2.75, 3.05) is 32.7 Å². The maximum absolute atomic E-state index is 13.1. The van der Waals surface area contributed by atoms with Gasteiger partial charge in [-0.15, -0.1) is 0 Å². The molecule has 8 heteroatoms. The van der Waals surface area contributed by atoms with E-state index in [1.54, 1.807) is 12.4 Å². The van der Waals surface area contributed by atoms with E-state index in [2.05, 4.69) is 15.1 Å². The predicted molar refractivity (Wildman–Crippen MR) is 119 cm³/mol. The minimum Gasteiger partial charge on any atom is -0.343 e. The quantitative estimate of drug-likeness (QED) is 0.722. The van der Waals surface area contributed by atoms with Gasteiger partial charge in [-0.25, -0.2) is 4.98 Å². The van der Waals surface area contributed by atoms with E-state index in [1.807, 2.05) is 28.7 Å². The normalized spacial score (nSPS) is 22.6. The first kappa shape index (κ1) is 21.7. The summed E-state index contributed by atoms with van der Waals surface area (Å²) in [6.07, 6.45) is 9.94. The molecule has 3 aliphatic rings. The average Bonchev–Trinajstić information content (AvgIpc) is 3.23. The third-order valence-electron chi connectivity index (χ3n) is 6.87. The second-order valence-corrected chi connectivity index (χ2v) is 9.11. The van der Waals surface area contributed by atoms with Gasteiger partial charge in [0, 0.05) is 63.5 Å². The van der Waals surface area contributed by atoms with Crippen LogP contribution in [0.2, 0.25) is 0 Å². The van der Waals surface area contributed by atoms with Crippen LogP contribution < -0.4 is 0 Å². The van der Waals surface area contributed by atoms with Crippen LogP contribution in [0.1, 0.15) is 68.1 Å². The van der Waals surface area contributed by atoms with Crippen molar-refractivity contribution in [2.45, 2.75) is 64.8 Å². The Morgan fingerprint density at radius 1 is 1.00 bits per heavy atom. The first-order valence-electron chi connectivity index (χ1n) is 11.7. The number of hydrogen-bond donors (Lipinski definition) is 0. The number of hydrogen-bond acceptors (Lipinski definition) is 6. The molecule has 4 rings (SSSR count). The van der Waals surface area contributed by atoms with E-state index in [4.69, 9.17) is 0 Å². The Hall–Kier alpha value is -2.51. The number of carbonyl (C=O) groups is 2. The molecule has 3 aliphatic heterocycles. The van der Waals surface area contributed by atoms with Gasteiger partial charge in [0.25, 0.3) is 5.91 Å². The minimum absolute atomic E-state index is 0.00262. The van der Waals surface area contributed by atoms with Crippen molar-refractivity contribution in [3.63, 3.8) is 0 Å². The molecule has 1 aromatic rings. The maximum Gasteiger partial charge on any atom is 0.274 e. The highest BCUT2D eigenvalue weighted by Gasteiger charge is 2.36. The van der Waals surface area contributed by atoms with Gasteiger partial charge >= 0.3 is 0 Å². The van der Waals surface area contributed by atoms with Crippen LogP contribution in [-0.4, -0.2) is 81.1 Å². The van der Waals surface area contributed by atoms with Crippen LogP contribution in [0.15, 0.2) is 17.5 Å². The molecule has 0 unspecified atom stereocenters. The number of amides is 2. The molecule has 0 saturated carbocycles. The molecule has 168 valence electrons. The fourth-order valence-electron chi connectivity index (χ4n) is 5.06. The lowest BCUT2D eigenvalue weighted by Crippen LogP contribution is -2.51. The highest BCUT2D eigenvalue weighted by atomic mass is 16.2. The Morgan fingerprint density at radius 2 is 1.81 bits per heavy atom. The van der Waals surface area contributed by atoms with E-state index in [1.165, 1.54) is 0 Å². The Balaban J connectivity index is 1.30. The van der Waals surface area contributed by atoms with Gasteiger partial charge in [-0.3, -0.25) is 19.6 Å². The molecular formula is C23H34N6O2. The summed E-state index contributed by atoms with van der Waals surface area (Å²) >= 11 is 0. The lowest BCUT2D eigenvalue weighted by atomic mass is 9.83. The van der Waals surface area contributed by atoms with Crippen molar-refractivity contribution < 1.29 is 9.59 Å². The number of aromatic nitrogens is 2. The van der Waals surface area contributed by atoms with Crippen molar-refractivity contribution >= 4 is 17.5 Å². The van der Waals surface area contributed by atoms with Crippen LogP contribution in [0.25, 0.3) is 0 Å². The largest absolute Gasteiger partial charge is 0.343 e. The molecule has 0 radical (unpaired) electrons. The molecule has 2 fully saturated rings. The molecule has 1 atom stereocenters. The van der Waals surface area contributed by atoms with Gasteiger partial charge in [0.15, 0.2) is 0 Å². The average molecular weight is 427 g/mol. The van der Waals surface area contributed by atoms with Crippen LogP contribution in [0.4, 0.5) is 0 Å². The van der Waals surface area contributed by atoms with Crippen molar-refractivity contribution in [3.8, 4) is 0 Å². The second-order valence-electron chi connectivity index (χ2n) is 9.11. The van der Waals surface area contributed by atoms with Gasteiger partial charge in [0.2, 0.25) is 5.91 Å². The summed E-state index contributed by atoms with van der Waals surface area (Å²) < 4.78 is 0. The lowest BCUT2D eigenvalue weighted by molar-refractivity contribution is -0.133. The molecular weight excluding hydrogens is 392 g/mol. The van der Waals surface area contributed by atoms with Crippen LogP contribution >= 0.6 is 0 Å².